The first-order chi connectivity index (χ1) is 15.3. The minimum absolute atomic E-state index is 0.0686. The normalized spacial score (nSPS) is 17.9. The Hall–Kier alpha value is -2.58. The molecular formula is C22H22Cl2FN3O4. The molecule has 1 amide bonds. The Morgan fingerprint density at radius 3 is 2.66 bits per heavy atom. The Bertz CT molecular complexity index is 1170. The molecule has 0 spiro atoms. The van der Waals surface area contributed by atoms with E-state index in [1.165, 1.54) is 23.0 Å². The van der Waals surface area contributed by atoms with Crippen molar-refractivity contribution in [2.45, 2.75) is 45.2 Å². The van der Waals surface area contributed by atoms with E-state index in [9.17, 15) is 23.9 Å². The summed E-state index contributed by atoms with van der Waals surface area (Å²) in [5, 5.41) is 12.5. The molecule has 10 heteroatoms. The number of aromatic nitrogens is 1. The molecule has 1 saturated heterocycles. The lowest BCUT2D eigenvalue weighted by Crippen LogP contribution is -2.63. The summed E-state index contributed by atoms with van der Waals surface area (Å²) in [5.74, 6) is -2.50. The van der Waals surface area contributed by atoms with E-state index in [0.717, 1.165) is 19.3 Å². The first-order valence-corrected chi connectivity index (χ1v) is 11.2. The van der Waals surface area contributed by atoms with Crippen molar-refractivity contribution in [3.05, 3.63) is 61.2 Å². The lowest BCUT2D eigenvalue weighted by molar-refractivity contribution is 0.0534. The van der Waals surface area contributed by atoms with Gasteiger partial charge in [0.1, 0.15) is 12.0 Å². The van der Waals surface area contributed by atoms with Gasteiger partial charge >= 0.3 is 0 Å². The van der Waals surface area contributed by atoms with Gasteiger partial charge in [-0.2, -0.15) is 0 Å². The van der Waals surface area contributed by atoms with Gasteiger partial charge in [0.05, 0.1) is 10.6 Å². The minimum atomic E-state index is -0.918. The molecule has 2 aliphatic rings. The van der Waals surface area contributed by atoms with Crippen molar-refractivity contribution in [3.8, 4) is 5.75 Å². The van der Waals surface area contributed by atoms with Crippen LogP contribution in [0.15, 0.2) is 23.1 Å². The Morgan fingerprint density at radius 2 is 1.94 bits per heavy atom. The molecule has 32 heavy (non-hydrogen) atoms. The number of pyridine rings is 1. The molecule has 0 aliphatic carbocycles. The van der Waals surface area contributed by atoms with E-state index in [4.69, 9.17) is 23.2 Å². The lowest BCUT2D eigenvalue weighted by Gasteiger charge is -2.48. The van der Waals surface area contributed by atoms with Crippen molar-refractivity contribution >= 4 is 34.9 Å². The Balaban J connectivity index is 1.71. The minimum Gasteiger partial charge on any atom is -0.502 e. The topological polar surface area (TPSA) is 82.9 Å². The number of rotatable bonds is 5. The lowest BCUT2D eigenvalue weighted by atomic mass is 10.0. The maximum Gasteiger partial charge on any atom is 0.278 e. The summed E-state index contributed by atoms with van der Waals surface area (Å²) in [6.45, 7) is 2.88. The Labute approximate surface area is 193 Å². The van der Waals surface area contributed by atoms with Gasteiger partial charge in [-0.25, -0.2) is 4.39 Å². The molecule has 2 aromatic rings. The number of halogens is 3. The average molecular weight is 482 g/mol. The van der Waals surface area contributed by atoms with Crippen LogP contribution in [0.2, 0.25) is 10.0 Å². The van der Waals surface area contributed by atoms with Gasteiger partial charge in [-0.3, -0.25) is 24.1 Å². The molecule has 0 unspecified atom stereocenters. The molecule has 1 fully saturated rings. The van der Waals surface area contributed by atoms with Gasteiger partial charge in [0.2, 0.25) is 5.43 Å². The highest BCUT2D eigenvalue weighted by Gasteiger charge is 2.40. The number of nitrogens with zero attached hydrogens (tertiary/aromatic N) is 3. The number of hydrogen-bond acceptors (Lipinski definition) is 5. The molecule has 1 N–H and O–H groups in total. The van der Waals surface area contributed by atoms with Gasteiger partial charge in [0.25, 0.3) is 5.91 Å². The van der Waals surface area contributed by atoms with E-state index in [-0.39, 0.29) is 45.9 Å². The average Bonchev–Trinajstić information content (AvgIpc) is 2.78. The van der Waals surface area contributed by atoms with Crippen LogP contribution in [0, 0.1) is 5.82 Å². The number of benzene rings is 1. The molecule has 7 nitrogen and oxygen atoms in total. The fourth-order valence-electron chi connectivity index (χ4n) is 4.45. The molecule has 0 bridgehead atoms. The first-order valence-electron chi connectivity index (χ1n) is 10.5. The zero-order valence-electron chi connectivity index (χ0n) is 17.4. The molecule has 0 saturated carbocycles. The van der Waals surface area contributed by atoms with E-state index in [0.29, 0.717) is 13.1 Å². The third-order valence-electron chi connectivity index (χ3n) is 6.09. The third kappa shape index (κ3) is 3.65. The highest BCUT2D eigenvalue weighted by molar-refractivity contribution is 6.33. The summed E-state index contributed by atoms with van der Waals surface area (Å²) in [6, 6.07) is 2.76. The maximum absolute atomic E-state index is 14.3. The molecule has 1 atom stereocenters. The highest BCUT2D eigenvalue weighted by atomic mass is 35.5. The summed E-state index contributed by atoms with van der Waals surface area (Å²) in [4.78, 5) is 40.3. The van der Waals surface area contributed by atoms with Gasteiger partial charge in [0.15, 0.2) is 17.2 Å². The van der Waals surface area contributed by atoms with E-state index < -0.39 is 28.7 Å². The van der Waals surface area contributed by atoms with Crippen LogP contribution >= 0.6 is 23.2 Å². The molecule has 0 radical (unpaired) electrons. The van der Waals surface area contributed by atoms with Gasteiger partial charge in [-0.15, -0.1) is 0 Å². The van der Waals surface area contributed by atoms with Crippen LogP contribution in [0.3, 0.4) is 0 Å². The van der Waals surface area contributed by atoms with Gasteiger partial charge < -0.3 is 10.0 Å². The zero-order chi connectivity index (χ0) is 23.2. The quantitative estimate of drug-likeness (QED) is 0.519. The van der Waals surface area contributed by atoms with Crippen molar-refractivity contribution in [3.63, 3.8) is 0 Å². The monoisotopic (exact) mass is 481 g/mol. The second kappa shape index (κ2) is 8.75. The number of piperidine rings is 1. The van der Waals surface area contributed by atoms with Crippen molar-refractivity contribution in [2.75, 3.05) is 18.1 Å². The molecule has 2 aliphatic heterocycles. The van der Waals surface area contributed by atoms with E-state index in [1.54, 1.807) is 4.90 Å². The highest BCUT2D eigenvalue weighted by Crippen LogP contribution is 2.30. The number of ketones is 1. The van der Waals surface area contributed by atoms with E-state index in [1.807, 2.05) is 11.9 Å². The first kappa shape index (κ1) is 22.6. The number of hydrogen-bond donors (Lipinski definition) is 1. The number of carbonyl (C=O) groups excluding carboxylic acids is 2. The van der Waals surface area contributed by atoms with Gasteiger partial charge in [-0.1, -0.05) is 23.2 Å². The summed E-state index contributed by atoms with van der Waals surface area (Å²) in [7, 11) is 0. The largest absolute Gasteiger partial charge is 0.502 e. The van der Waals surface area contributed by atoms with Gasteiger partial charge in [0, 0.05) is 36.3 Å². The van der Waals surface area contributed by atoms with Crippen LogP contribution in [0.4, 0.5) is 4.39 Å². The van der Waals surface area contributed by atoms with Crippen LogP contribution in [0.5, 0.6) is 5.75 Å². The predicted octanol–water partition coefficient (Wildman–Crippen LogP) is 3.74. The van der Waals surface area contributed by atoms with E-state index >= 15 is 0 Å². The number of aromatic hydroxyl groups is 1. The zero-order valence-corrected chi connectivity index (χ0v) is 18.9. The fourth-order valence-corrected chi connectivity index (χ4v) is 4.87. The molecule has 1 aromatic heterocycles. The summed E-state index contributed by atoms with van der Waals surface area (Å²) in [6.07, 6.45) is 3.40. The fraction of sp³-hybridized carbons (Fsp3) is 0.409. The molecule has 4 rings (SSSR count). The SMILES string of the molecule is CCN1C(=O)c2c(O)c(=O)c(C(=O)CCc3c(Cl)ccc(Cl)c3F)cn2N2CCCC[C@@H]12. The molecule has 170 valence electrons. The third-order valence-corrected chi connectivity index (χ3v) is 6.74. The maximum atomic E-state index is 14.3. The molecule has 3 heterocycles. The standard InChI is InChI=1S/C22H22Cl2FN3O4/c1-2-26-17-5-3-4-10-27(17)28-11-13(20(30)21(31)19(28)22(26)32)16(29)9-6-12-14(23)7-8-15(24)18(12)25/h7-8,11,17,31H,2-6,9-10H2,1H3/t17-/m0/s1. The Kier molecular flexibility index (Phi) is 6.18. The second-order valence-electron chi connectivity index (χ2n) is 7.89. The molecular weight excluding hydrogens is 460 g/mol. The summed E-state index contributed by atoms with van der Waals surface area (Å²) in [5.41, 5.74) is -1.24. The molecule has 1 aromatic carbocycles. The summed E-state index contributed by atoms with van der Waals surface area (Å²) >= 11 is 11.8. The Morgan fingerprint density at radius 1 is 1.22 bits per heavy atom. The van der Waals surface area contributed by atoms with Crippen molar-refractivity contribution < 1.29 is 19.1 Å². The van der Waals surface area contributed by atoms with Crippen molar-refractivity contribution in [2.24, 2.45) is 0 Å². The van der Waals surface area contributed by atoms with Crippen molar-refractivity contribution in [1.82, 2.24) is 9.58 Å². The smallest absolute Gasteiger partial charge is 0.278 e. The van der Waals surface area contributed by atoms with Crippen LogP contribution in [-0.2, 0) is 6.42 Å². The number of fused-ring (bicyclic) bond motifs is 3. The van der Waals surface area contributed by atoms with Crippen molar-refractivity contribution in [1.29, 1.82) is 0 Å². The predicted molar refractivity (Wildman–Crippen MR) is 119 cm³/mol. The van der Waals surface area contributed by atoms with E-state index in [2.05, 4.69) is 0 Å². The number of amides is 1. The second-order valence-corrected chi connectivity index (χ2v) is 8.70. The van der Waals surface area contributed by atoms with Crippen LogP contribution in [0.1, 0.15) is 59.0 Å². The van der Waals surface area contributed by atoms with Gasteiger partial charge in [-0.05, 0) is 44.7 Å². The van der Waals surface area contributed by atoms with Crippen LogP contribution in [0.25, 0.3) is 0 Å². The van der Waals surface area contributed by atoms with Crippen LogP contribution < -0.4 is 10.4 Å². The number of carbonyl (C=O) groups is 2. The van der Waals surface area contributed by atoms with Crippen LogP contribution in [-0.4, -0.2) is 45.6 Å². The number of Topliss-reactive ketones (excluding diaryl/α,β-unsaturated/α-hetero) is 1. The summed E-state index contributed by atoms with van der Waals surface area (Å²) < 4.78 is 15.7.